The molecule has 0 aliphatic carbocycles. The summed E-state index contributed by atoms with van der Waals surface area (Å²) >= 11 is 5.94. The molecule has 14 heteroatoms. The number of aromatic nitrogens is 1. The molecule has 6 atom stereocenters. The van der Waals surface area contributed by atoms with Crippen LogP contribution in [-0.4, -0.2) is 86.5 Å². The topological polar surface area (TPSA) is 185 Å². The van der Waals surface area contributed by atoms with Crippen LogP contribution in [0.4, 0.5) is 4.39 Å². The molecule has 4 rings (SSSR count). The number of aliphatic hydroxyl groups excluding tert-OH is 4. The Labute approximate surface area is 249 Å². The number of halogens is 2. The van der Waals surface area contributed by atoms with Gasteiger partial charge in [-0.05, 0) is 29.2 Å². The number of carboxylic acid groups (broad SMARTS) is 1. The lowest BCUT2D eigenvalue weighted by molar-refractivity contribution is -0.278. The summed E-state index contributed by atoms with van der Waals surface area (Å²) in [4.78, 5) is 38.5. The second-order valence-electron chi connectivity index (χ2n) is 10.5. The van der Waals surface area contributed by atoms with Gasteiger partial charge in [0.25, 0.3) is 0 Å². The first-order chi connectivity index (χ1) is 20.3. The average Bonchev–Trinajstić information content (AvgIpc) is 2.96. The highest BCUT2D eigenvalue weighted by Gasteiger charge is 2.48. The lowest BCUT2D eigenvalue weighted by atomic mass is 9.98. The Morgan fingerprint density at radius 1 is 1.12 bits per heavy atom. The van der Waals surface area contributed by atoms with Gasteiger partial charge in [0, 0.05) is 24.1 Å². The van der Waals surface area contributed by atoms with E-state index in [9.17, 15) is 44.3 Å². The Morgan fingerprint density at radius 3 is 2.42 bits per heavy atom. The van der Waals surface area contributed by atoms with Crippen molar-refractivity contribution in [1.29, 1.82) is 0 Å². The first kappa shape index (κ1) is 32.3. The maximum atomic E-state index is 14.7. The highest BCUT2D eigenvalue weighted by atomic mass is 35.5. The van der Waals surface area contributed by atoms with Crippen molar-refractivity contribution in [3.8, 4) is 5.75 Å². The number of methoxy groups -OCH3 is 1. The largest absolute Gasteiger partial charge is 0.496 e. The third-order valence-corrected chi connectivity index (χ3v) is 7.71. The van der Waals surface area contributed by atoms with Crippen LogP contribution in [0, 0.1) is 11.7 Å². The van der Waals surface area contributed by atoms with Crippen molar-refractivity contribution in [2.24, 2.45) is 5.92 Å². The van der Waals surface area contributed by atoms with Crippen molar-refractivity contribution in [3.63, 3.8) is 0 Å². The van der Waals surface area contributed by atoms with E-state index in [1.165, 1.54) is 35.9 Å². The molecule has 2 heterocycles. The molecular weight excluding hydrogens is 593 g/mol. The summed E-state index contributed by atoms with van der Waals surface area (Å²) in [5.41, 5.74) is -0.538. The number of carbonyl (C=O) groups excluding carboxylic acids is 1. The lowest BCUT2D eigenvalue weighted by Gasteiger charge is -2.37. The van der Waals surface area contributed by atoms with Crippen molar-refractivity contribution < 1.29 is 53.7 Å². The summed E-state index contributed by atoms with van der Waals surface area (Å²) in [7, 11) is 1.39. The van der Waals surface area contributed by atoms with Crippen LogP contribution in [0.3, 0.4) is 0 Å². The molecule has 0 spiro atoms. The summed E-state index contributed by atoms with van der Waals surface area (Å²) in [5.74, 6) is -3.59. The van der Waals surface area contributed by atoms with Gasteiger partial charge < -0.3 is 44.3 Å². The molecule has 232 valence electrons. The van der Waals surface area contributed by atoms with Gasteiger partial charge in [0.15, 0.2) is 6.10 Å². The second kappa shape index (κ2) is 13.0. The van der Waals surface area contributed by atoms with Gasteiger partial charge in [-0.25, -0.2) is 14.0 Å². The smallest absolute Gasteiger partial charge is 0.346 e. The Morgan fingerprint density at radius 2 is 1.81 bits per heavy atom. The van der Waals surface area contributed by atoms with E-state index in [1.54, 1.807) is 19.9 Å². The Bertz CT molecular complexity index is 1590. The number of aliphatic carboxylic acids is 1. The number of hydrogen-bond donors (Lipinski definition) is 5. The van der Waals surface area contributed by atoms with Crippen molar-refractivity contribution in [2.45, 2.75) is 57.0 Å². The van der Waals surface area contributed by atoms with Gasteiger partial charge in [-0.2, -0.15) is 0 Å². The zero-order valence-electron chi connectivity index (χ0n) is 23.3. The molecule has 1 fully saturated rings. The molecule has 1 saturated heterocycles. The summed E-state index contributed by atoms with van der Waals surface area (Å²) in [6, 6.07) is 6.77. The molecule has 0 amide bonds. The molecule has 43 heavy (non-hydrogen) atoms. The van der Waals surface area contributed by atoms with E-state index >= 15 is 0 Å². The fraction of sp³-hybridized carbons (Fsp3) is 0.414. The molecule has 5 N–H and O–H groups in total. The third kappa shape index (κ3) is 6.23. The quantitative estimate of drug-likeness (QED) is 0.218. The van der Waals surface area contributed by atoms with Gasteiger partial charge in [0.1, 0.15) is 35.4 Å². The van der Waals surface area contributed by atoms with E-state index < -0.39 is 72.1 Å². The minimum atomic E-state index is -2.05. The number of rotatable bonds is 9. The first-order valence-electron chi connectivity index (χ1n) is 13.2. The van der Waals surface area contributed by atoms with E-state index in [0.29, 0.717) is 11.3 Å². The molecule has 12 nitrogen and oxygen atoms in total. The highest BCUT2D eigenvalue weighted by Crippen LogP contribution is 2.32. The molecule has 0 radical (unpaired) electrons. The van der Waals surface area contributed by atoms with Gasteiger partial charge in [-0.3, -0.25) is 4.79 Å². The van der Waals surface area contributed by atoms with Crippen LogP contribution < -0.4 is 10.2 Å². The SMILES string of the molecule is COc1cc2c(cc1Cc1cccc(Cl)c1F)c(=O)c(C(=O)OC1OC(C(=O)O)C(O)C(O)C1O)cn2C(CO)C(C)C. The number of esters is 1. The van der Waals surface area contributed by atoms with Crippen LogP contribution in [0.15, 0.2) is 41.3 Å². The van der Waals surface area contributed by atoms with Crippen LogP contribution >= 0.6 is 11.6 Å². The maximum absolute atomic E-state index is 14.7. The molecule has 3 aromatic rings. The Balaban J connectivity index is 1.86. The number of pyridine rings is 1. The molecule has 0 bridgehead atoms. The molecule has 0 saturated carbocycles. The van der Waals surface area contributed by atoms with Crippen LogP contribution in [0.1, 0.15) is 41.4 Å². The standard InChI is InChI=1S/C29H31ClFNO11/c1-12(2)19(11-33)32-10-16(28(40)43-29-25(37)23(35)24(36)26(42-29)27(38)39)22(34)15-8-14(20(41-3)9-18(15)32)7-13-5-4-6-17(30)21(13)31/h4-6,8-10,12,19,23-26,29,33,35-37H,7,11H2,1-3H3,(H,38,39). The van der Waals surface area contributed by atoms with Crippen LogP contribution in [0.25, 0.3) is 10.9 Å². The van der Waals surface area contributed by atoms with E-state index in [4.69, 9.17) is 25.8 Å². The monoisotopic (exact) mass is 623 g/mol. The second-order valence-corrected chi connectivity index (χ2v) is 10.9. The van der Waals surface area contributed by atoms with Gasteiger partial charge in [0.05, 0.1) is 30.3 Å². The van der Waals surface area contributed by atoms with Gasteiger partial charge in [0.2, 0.25) is 11.7 Å². The lowest BCUT2D eigenvalue weighted by Crippen LogP contribution is -2.60. The molecular formula is C29H31ClFNO11. The number of carboxylic acids is 1. The molecule has 1 aliphatic rings. The molecule has 6 unspecified atom stereocenters. The summed E-state index contributed by atoms with van der Waals surface area (Å²) < 4.78 is 31.9. The number of ether oxygens (including phenoxy) is 3. The van der Waals surface area contributed by atoms with E-state index in [-0.39, 0.29) is 33.8 Å². The number of hydrogen-bond acceptors (Lipinski definition) is 10. The average molecular weight is 624 g/mol. The van der Waals surface area contributed by atoms with Crippen molar-refractivity contribution in [1.82, 2.24) is 4.57 Å². The number of carbonyl (C=O) groups is 2. The zero-order chi connectivity index (χ0) is 31.7. The van der Waals surface area contributed by atoms with E-state index in [2.05, 4.69) is 0 Å². The van der Waals surface area contributed by atoms with E-state index in [0.717, 1.165) is 6.20 Å². The number of nitrogens with zero attached hydrogens (tertiary/aromatic N) is 1. The predicted molar refractivity (Wildman–Crippen MR) is 150 cm³/mol. The summed E-state index contributed by atoms with van der Waals surface area (Å²) in [6.45, 7) is 3.22. The third-order valence-electron chi connectivity index (χ3n) is 7.42. The van der Waals surface area contributed by atoms with Crippen molar-refractivity contribution in [2.75, 3.05) is 13.7 Å². The predicted octanol–water partition coefficient (Wildman–Crippen LogP) is 1.63. The molecule has 1 aliphatic heterocycles. The van der Waals surface area contributed by atoms with Crippen LogP contribution in [-0.2, 0) is 20.7 Å². The summed E-state index contributed by atoms with van der Waals surface area (Å²) in [5, 5.41) is 49.7. The first-order valence-corrected chi connectivity index (χ1v) is 13.6. The molecule has 2 aromatic carbocycles. The highest BCUT2D eigenvalue weighted by molar-refractivity contribution is 6.30. The fourth-order valence-electron chi connectivity index (χ4n) is 5.00. The van der Waals surface area contributed by atoms with Gasteiger partial charge in [-0.15, -0.1) is 0 Å². The fourth-order valence-corrected chi connectivity index (χ4v) is 5.19. The maximum Gasteiger partial charge on any atom is 0.346 e. The van der Waals surface area contributed by atoms with Crippen LogP contribution in [0.2, 0.25) is 5.02 Å². The Hall–Kier alpha value is -3.59. The Kier molecular flexibility index (Phi) is 9.74. The summed E-state index contributed by atoms with van der Waals surface area (Å²) in [6.07, 6.45) is -9.07. The molecule has 1 aromatic heterocycles. The van der Waals surface area contributed by atoms with E-state index in [1.807, 2.05) is 0 Å². The number of aliphatic hydroxyl groups is 4. The minimum Gasteiger partial charge on any atom is -0.496 e. The van der Waals surface area contributed by atoms with Crippen LogP contribution in [0.5, 0.6) is 5.75 Å². The number of benzene rings is 2. The minimum absolute atomic E-state index is 0.0178. The van der Waals surface area contributed by atoms with Gasteiger partial charge in [-0.1, -0.05) is 37.6 Å². The van der Waals surface area contributed by atoms with Crippen molar-refractivity contribution >= 4 is 34.4 Å². The zero-order valence-corrected chi connectivity index (χ0v) is 24.1. The van der Waals surface area contributed by atoms with Crippen molar-refractivity contribution in [3.05, 3.63) is 74.3 Å². The van der Waals surface area contributed by atoms with Gasteiger partial charge >= 0.3 is 11.9 Å². The normalized spacial score (nSPS) is 22.9. The number of fused-ring (bicyclic) bond motifs is 1.